The van der Waals surface area contributed by atoms with Crippen LogP contribution in [-0.4, -0.2) is 53.5 Å². The minimum atomic E-state index is -4.57. The summed E-state index contributed by atoms with van der Waals surface area (Å²) in [7, 11) is -4.14. The molecule has 1 aliphatic rings. The molecule has 3 N–H and O–H groups in total. The van der Waals surface area contributed by atoms with Crippen molar-refractivity contribution in [2.45, 2.75) is 12.3 Å². The van der Waals surface area contributed by atoms with Crippen molar-refractivity contribution >= 4 is 10.2 Å². The Balaban J connectivity index is 2.28. The number of alkyl halides is 3. The number of hydrogen-bond acceptors (Lipinski definition) is 4. The number of ether oxygens (including phenoxy) is 1. The van der Waals surface area contributed by atoms with Crippen LogP contribution in [0.2, 0.25) is 0 Å². The van der Waals surface area contributed by atoms with Gasteiger partial charge >= 0.3 is 6.18 Å². The average Bonchev–Trinajstić information content (AvgIpc) is 2.25. The molecular weight excluding hydrogens is 263 g/mol. The maximum absolute atomic E-state index is 11.8. The maximum atomic E-state index is 11.8. The molecule has 0 aromatic carbocycles. The second-order valence-corrected chi connectivity index (χ2v) is 5.07. The first kappa shape index (κ1) is 14.6. The van der Waals surface area contributed by atoms with Gasteiger partial charge in [0.05, 0.1) is 12.7 Å². The van der Waals surface area contributed by atoms with Crippen LogP contribution in [0, 0.1) is 0 Å². The lowest BCUT2D eigenvalue weighted by atomic mass is 10.3. The molecule has 0 bridgehead atoms. The van der Waals surface area contributed by atoms with Gasteiger partial charge in [0, 0.05) is 19.6 Å². The number of nitrogens with one attached hydrogen (secondary N) is 3. The van der Waals surface area contributed by atoms with Gasteiger partial charge in [0.1, 0.15) is 6.54 Å². The van der Waals surface area contributed by atoms with Gasteiger partial charge in [0.25, 0.3) is 10.2 Å². The van der Waals surface area contributed by atoms with Crippen LogP contribution < -0.4 is 14.8 Å². The summed E-state index contributed by atoms with van der Waals surface area (Å²) in [4.78, 5) is 0. The molecule has 10 heteroatoms. The first-order valence-electron chi connectivity index (χ1n) is 4.92. The molecule has 17 heavy (non-hydrogen) atoms. The van der Waals surface area contributed by atoms with E-state index in [1.54, 1.807) is 0 Å². The van der Waals surface area contributed by atoms with Crippen LogP contribution in [-0.2, 0) is 14.9 Å². The molecule has 6 nitrogen and oxygen atoms in total. The third kappa shape index (κ3) is 6.78. The largest absolute Gasteiger partial charge is 0.402 e. The van der Waals surface area contributed by atoms with Gasteiger partial charge in [-0.3, -0.25) is 0 Å². The Morgan fingerprint density at radius 1 is 1.35 bits per heavy atom. The van der Waals surface area contributed by atoms with Gasteiger partial charge in [0.15, 0.2) is 0 Å². The van der Waals surface area contributed by atoms with Crippen molar-refractivity contribution in [3.05, 3.63) is 0 Å². The van der Waals surface area contributed by atoms with Crippen LogP contribution in [0.15, 0.2) is 0 Å². The van der Waals surface area contributed by atoms with Crippen LogP contribution >= 0.6 is 0 Å². The Labute approximate surface area is 97.1 Å². The highest BCUT2D eigenvalue weighted by Gasteiger charge is 2.29. The summed E-state index contributed by atoms with van der Waals surface area (Å²) < 4.78 is 66.2. The van der Waals surface area contributed by atoms with Crippen molar-refractivity contribution in [2.75, 3.05) is 32.8 Å². The van der Waals surface area contributed by atoms with Gasteiger partial charge in [-0.2, -0.15) is 31.0 Å². The minimum Gasteiger partial charge on any atom is -0.374 e. The van der Waals surface area contributed by atoms with Crippen molar-refractivity contribution in [2.24, 2.45) is 0 Å². The van der Waals surface area contributed by atoms with Crippen LogP contribution in [0.25, 0.3) is 0 Å². The van der Waals surface area contributed by atoms with E-state index in [0.29, 0.717) is 19.7 Å². The summed E-state index contributed by atoms with van der Waals surface area (Å²) in [5.41, 5.74) is 0. The molecule has 1 fully saturated rings. The fourth-order valence-electron chi connectivity index (χ4n) is 1.18. The fraction of sp³-hybridized carbons (Fsp3) is 1.00. The number of halogens is 3. The zero-order valence-electron chi connectivity index (χ0n) is 8.88. The summed E-state index contributed by atoms with van der Waals surface area (Å²) in [5.74, 6) is 0. The van der Waals surface area contributed by atoms with E-state index in [1.807, 2.05) is 4.72 Å². The Bertz CT molecular complexity index is 327. The molecule has 0 amide bonds. The van der Waals surface area contributed by atoms with Crippen molar-refractivity contribution < 1.29 is 26.3 Å². The summed E-state index contributed by atoms with van der Waals surface area (Å²) in [5, 5.41) is 2.97. The highest BCUT2D eigenvalue weighted by atomic mass is 32.2. The summed E-state index contributed by atoms with van der Waals surface area (Å²) in [6.07, 6.45) is -4.94. The molecule has 0 aliphatic carbocycles. The third-order valence-electron chi connectivity index (χ3n) is 1.97. The molecule has 0 spiro atoms. The SMILES string of the molecule is O=S(=O)(NCC1CNCCO1)NCC(F)(F)F. The van der Waals surface area contributed by atoms with Gasteiger partial charge < -0.3 is 10.1 Å². The van der Waals surface area contributed by atoms with E-state index in [2.05, 4.69) is 5.32 Å². The number of morpholine rings is 1. The molecule has 1 rings (SSSR count). The predicted molar refractivity (Wildman–Crippen MR) is 53.6 cm³/mol. The van der Waals surface area contributed by atoms with Gasteiger partial charge in [-0.1, -0.05) is 0 Å². The van der Waals surface area contributed by atoms with Crippen LogP contribution in [0.1, 0.15) is 0 Å². The highest BCUT2D eigenvalue weighted by molar-refractivity contribution is 7.87. The van der Waals surface area contributed by atoms with Crippen molar-refractivity contribution in [1.82, 2.24) is 14.8 Å². The molecule has 1 aliphatic heterocycles. The van der Waals surface area contributed by atoms with Crippen LogP contribution in [0.3, 0.4) is 0 Å². The smallest absolute Gasteiger partial charge is 0.374 e. The number of rotatable bonds is 5. The van der Waals surface area contributed by atoms with E-state index in [4.69, 9.17) is 4.74 Å². The van der Waals surface area contributed by atoms with E-state index in [1.165, 1.54) is 4.72 Å². The van der Waals surface area contributed by atoms with Crippen molar-refractivity contribution in [3.8, 4) is 0 Å². The molecule has 0 aromatic rings. The van der Waals surface area contributed by atoms with Gasteiger partial charge in [-0.05, 0) is 0 Å². The fourth-order valence-corrected chi connectivity index (χ4v) is 2.04. The van der Waals surface area contributed by atoms with Gasteiger partial charge in [0.2, 0.25) is 0 Å². The lowest BCUT2D eigenvalue weighted by molar-refractivity contribution is -0.121. The zero-order chi connectivity index (χ0) is 12.9. The molecule has 0 saturated carbocycles. The monoisotopic (exact) mass is 277 g/mol. The third-order valence-corrected chi connectivity index (χ3v) is 3.04. The minimum absolute atomic E-state index is 0.0693. The second kappa shape index (κ2) is 5.96. The van der Waals surface area contributed by atoms with Crippen molar-refractivity contribution in [3.63, 3.8) is 0 Å². The topological polar surface area (TPSA) is 79.5 Å². The van der Waals surface area contributed by atoms with Crippen LogP contribution in [0.5, 0.6) is 0 Å². The molecular formula is C7H14F3N3O3S. The molecule has 0 aromatic heterocycles. The van der Waals surface area contributed by atoms with Gasteiger partial charge in [-0.25, -0.2) is 0 Å². The first-order chi connectivity index (χ1) is 7.79. The Kier molecular flexibility index (Phi) is 5.13. The Morgan fingerprint density at radius 3 is 2.59 bits per heavy atom. The lowest BCUT2D eigenvalue weighted by Crippen LogP contribution is -2.48. The lowest BCUT2D eigenvalue weighted by Gasteiger charge is -2.23. The van der Waals surface area contributed by atoms with E-state index >= 15 is 0 Å². The average molecular weight is 277 g/mol. The second-order valence-electron chi connectivity index (χ2n) is 3.49. The van der Waals surface area contributed by atoms with E-state index in [-0.39, 0.29) is 12.6 Å². The number of hydrogen-bond donors (Lipinski definition) is 3. The van der Waals surface area contributed by atoms with Gasteiger partial charge in [-0.15, -0.1) is 0 Å². The summed E-state index contributed by atoms with van der Waals surface area (Å²) in [6.45, 7) is -0.0773. The van der Waals surface area contributed by atoms with Crippen molar-refractivity contribution in [1.29, 1.82) is 0 Å². The maximum Gasteiger partial charge on any atom is 0.402 e. The molecule has 102 valence electrons. The summed E-state index contributed by atoms with van der Waals surface area (Å²) in [6, 6.07) is 0. The molecule has 1 heterocycles. The predicted octanol–water partition coefficient (Wildman–Crippen LogP) is -1.04. The standard InChI is InChI=1S/C7H14F3N3O3S/c8-7(9,10)5-13-17(14,15)12-4-6-3-11-1-2-16-6/h6,11-13H,1-5H2. The highest BCUT2D eigenvalue weighted by Crippen LogP contribution is 2.12. The van der Waals surface area contributed by atoms with E-state index in [9.17, 15) is 21.6 Å². The van der Waals surface area contributed by atoms with Crippen LogP contribution in [0.4, 0.5) is 13.2 Å². The molecule has 1 unspecified atom stereocenters. The normalized spacial score (nSPS) is 22.6. The summed E-state index contributed by atoms with van der Waals surface area (Å²) >= 11 is 0. The molecule has 1 saturated heterocycles. The molecule has 0 radical (unpaired) electrons. The Morgan fingerprint density at radius 2 is 2.06 bits per heavy atom. The molecule has 1 atom stereocenters. The van der Waals surface area contributed by atoms with E-state index in [0.717, 1.165) is 0 Å². The van der Waals surface area contributed by atoms with E-state index < -0.39 is 22.9 Å². The first-order valence-corrected chi connectivity index (χ1v) is 6.40. The zero-order valence-corrected chi connectivity index (χ0v) is 9.70. The quantitative estimate of drug-likeness (QED) is 0.600. The Hall–Kier alpha value is -0.420.